The van der Waals surface area contributed by atoms with E-state index in [1.807, 2.05) is 42.7 Å². The summed E-state index contributed by atoms with van der Waals surface area (Å²) in [6.07, 6.45) is 5.81. The highest BCUT2D eigenvalue weighted by molar-refractivity contribution is 7.97. The Labute approximate surface area is 175 Å². The van der Waals surface area contributed by atoms with Gasteiger partial charge in [0.05, 0.1) is 22.9 Å². The lowest BCUT2D eigenvalue weighted by Gasteiger charge is -2.37. The highest BCUT2D eigenvalue weighted by atomic mass is 32.2. The predicted molar refractivity (Wildman–Crippen MR) is 116 cm³/mol. The lowest BCUT2D eigenvalue weighted by Crippen LogP contribution is -2.45. The first-order valence-corrected chi connectivity index (χ1v) is 10.9. The van der Waals surface area contributed by atoms with Crippen molar-refractivity contribution in [3.8, 4) is 16.6 Å². The predicted octanol–water partition coefficient (Wildman–Crippen LogP) is 4.19. The minimum absolute atomic E-state index is 0.380. The lowest BCUT2D eigenvalue weighted by molar-refractivity contribution is 0.355. The van der Waals surface area contributed by atoms with Gasteiger partial charge in [0.2, 0.25) is 0 Å². The van der Waals surface area contributed by atoms with E-state index in [4.69, 9.17) is 5.26 Å². The molecular formula is C20H17N7S2. The number of rotatable bonds is 6. The Morgan fingerprint density at radius 1 is 1.24 bits per heavy atom. The van der Waals surface area contributed by atoms with Crippen molar-refractivity contribution < 1.29 is 0 Å². The van der Waals surface area contributed by atoms with E-state index in [9.17, 15) is 0 Å². The Morgan fingerprint density at radius 2 is 2.17 bits per heavy atom. The van der Waals surface area contributed by atoms with E-state index in [-0.39, 0.29) is 0 Å². The average Bonchev–Trinajstić information content (AvgIpc) is 3.41. The zero-order valence-corrected chi connectivity index (χ0v) is 16.9. The number of nitrogens with zero attached hydrogens (tertiary/aromatic N) is 4. The fourth-order valence-electron chi connectivity index (χ4n) is 3.43. The maximum atomic E-state index is 9.02. The van der Waals surface area contributed by atoms with Gasteiger partial charge in [-0.3, -0.25) is 4.72 Å². The van der Waals surface area contributed by atoms with Gasteiger partial charge in [-0.2, -0.15) is 5.26 Å². The Bertz CT molecular complexity index is 1170. The van der Waals surface area contributed by atoms with E-state index in [1.165, 1.54) is 11.3 Å². The Morgan fingerprint density at radius 3 is 3.00 bits per heavy atom. The minimum Gasteiger partial charge on any atom is -0.381 e. The van der Waals surface area contributed by atoms with E-state index in [1.54, 1.807) is 17.5 Å². The first-order valence-electron chi connectivity index (χ1n) is 9.22. The highest BCUT2D eigenvalue weighted by Gasteiger charge is 2.30. The summed E-state index contributed by atoms with van der Waals surface area (Å²) >= 11 is 3.10. The monoisotopic (exact) mass is 419 g/mol. The van der Waals surface area contributed by atoms with Crippen LogP contribution in [0.1, 0.15) is 18.4 Å². The van der Waals surface area contributed by atoms with E-state index in [2.05, 4.69) is 36.3 Å². The van der Waals surface area contributed by atoms with Crippen LogP contribution in [-0.2, 0) is 0 Å². The van der Waals surface area contributed by atoms with Crippen LogP contribution in [0.25, 0.3) is 21.6 Å². The van der Waals surface area contributed by atoms with Crippen molar-refractivity contribution >= 4 is 40.0 Å². The molecule has 1 aliphatic rings. The normalized spacial score (nSPS) is 18.3. The van der Waals surface area contributed by atoms with Gasteiger partial charge in [0.15, 0.2) is 5.01 Å². The van der Waals surface area contributed by atoms with Gasteiger partial charge in [0.25, 0.3) is 0 Å². The van der Waals surface area contributed by atoms with Gasteiger partial charge in [-0.15, -0.1) is 10.2 Å². The number of H-pyrrole nitrogens is 1. The number of nitriles is 1. The van der Waals surface area contributed by atoms with Gasteiger partial charge >= 0.3 is 0 Å². The number of nitrogens with one attached hydrogen (secondary N) is 3. The lowest BCUT2D eigenvalue weighted by atomic mass is 9.87. The molecule has 9 heteroatoms. The smallest absolute Gasteiger partial charge is 0.151 e. The topological polar surface area (TPSA) is 102 Å². The molecule has 29 heavy (non-hydrogen) atoms. The molecule has 5 rings (SSSR count). The summed E-state index contributed by atoms with van der Waals surface area (Å²) in [5.41, 5.74) is 5.33. The number of hydrogen-bond acceptors (Lipinski definition) is 8. The van der Waals surface area contributed by atoms with Crippen LogP contribution in [0, 0.1) is 11.3 Å². The molecule has 1 aliphatic carbocycles. The third kappa shape index (κ3) is 3.70. The summed E-state index contributed by atoms with van der Waals surface area (Å²) in [4.78, 5) is 8.74. The van der Waals surface area contributed by atoms with E-state index >= 15 is 0 Å². The molecule has 4 aromatic rings. The van der Waals surface area contributed by atoms with Crippen LogP contribution in [-0.4, -0.2) is 32.2 Å². The number of anilines is 1. The second kappa shape index (κ2) is 7.83. The van der Waals surface area contributed by atoms with E-state index in [0.29, 0.717) is 17.6 Å². The van der Waals surface area contributed by atoms with Crippen molar-refractivity contribution in [2.45, 2.75) is 29.8 Å². The van der Waals surface area contributed by atoms with Crippen molar-refractivity contribution in [3.63, 3.8) is 0 Å². The van der Waals surface area contributed by atoms with Gasteiger partial charge in [-0.05, 0) is 49.1 Å². The molecule has 0 bridgehead atoms. The number of aromatic nitrogens is 4. The number of benzene rings is 1. The minimum atomic E-state index is 0.380. The molecule has 0 saturated heterocycles. The maximum Gasteiger partial charge on any atom is 0.151 e. The molecule has 3 N–H and O–H groups in total. The summed E-state index contributed by atoms with van der Waals surface area (Å²) < 4.78 is 3.51. The molecule has 144 valence electrons. The van der Waals surface area contributed by atoms with Crippen molar-refractivity contribution in [1.82, 2.24) is 24.9 Å². The van der Waals surface area contributed by atoms with Crippen LogP contribution in [0.5, 0.6) is 0 Å². The summed E-state index contributed by atoms with van der Waals surface area (Å²) in [6, 6.07) is 12.7. The van der Waals surface area contributed by atoms with Crippen LogP contribution in [0.4, 0.5) is 5.69 Å². The highest BCUT2D eigenvalue weighted by Crippen LogP contribution is 2.37. The molecule has 1 fully saturated rings. The van der Waals surface area contributed by atoms with Crippen LogP contribution in [0.15, 0.2) is 53.1 Å². The van der Waals surface area contributed by atoms with Crippen LogP contribution < -0.4 is 10.0 Å². The van der Waals surface area contributed by atoms with Crippen molar-refractivity contribution in [1.29, 1.82) is 5.26 Å². The zero-order chi connectivity index (χ0) is 19.6. The molecule has 1 aromatic carbocycles. The van der Waals surface area contributed by atoms with Crippen LogP contribution in [0.2, 0.25) is 0 Å². The largest absolute Gasteiger partial charge is 0.381 e. The van der Waals surface area contributed by atoms with Gasteiger partial charge in [0, 0.05) is 34.8 Å². The average molecular weight is 420 g/mol. The molecule has 3 heterocycles. The standard InChI is InChI=1S/C20H17N7S2/c21-9-12-2-1-3-15(6-12)29-27-14-7-13(8-14)25-18-16-4-5-22-19(16)23-10-17(18)20-26-24-11-28-20/h1-6,10-11,13-14,27H,7-8H2,(H2,22,23,25)/t13-,14+. The molecule has 0 aliphatic heterocycles. The second-order valence-corrected chi connectivity index (χ2v) is 8.64. The third-order valence-electron chi connectivity index (χ3n) is 4.97. The van der Waals surface area contributed by atoms with Crippen molar-refractivity contribution in [2.75, 3.05) is 5.32 Å². The molecular weight excluding hydrogens is 402 g/mol. The third-order valence-corrected chi connectivity index (χ3v) is 6.64. The molecule has 7 nitrogen and oxygen atoms in total. The van der Waals surface area contributed by atoms with Crippen LogP contribution in [0.3, 0.4) is 0 Å². The molecule has 0 unspecified atom stereocenters. The summed E-state index contributed by atoms with van der Waals surface area (Å²) in [5.74, 6) is 0. The molecule has 3 aromatic heterocycles. The molecule has 1 saturated carbocycles. The first kappa shape index (κ1) is 18.1. The SMILES string of the molecule is N#Cc1cccc(SN[C@H]2C[C@@H](Nc3c(-c4nncs4)cnc4[nH]ccc34)C2)c1. The summed E-state index contributed by atoms with van der Waals surface area (Å²) in [5, 5.41) is 22.8. The van der Waals surface area contributed by atoms with Gasteiger partial charge in [0.1, 0.15) is 11.2 Å². The fraction of sp³-hybridized carbons (Fsp3) is 0.200. The first-order chi connectivity index (χ1) is 14.3. The summed E-state index contributed by atoms with van der Waals surface area (Å²) in [6.45, 7) is 0. The van der Waals surface area contributed by atoms with E-state index in [0.717, 1.165) is 45.0 Å². The van der Waals surface area contributed by atoms with Crippen molar-refractivity contribution in [3.05, 3.63) is 53.8 Å². The molecule has 0 atom stereocenters. The molecule has 0 amide bonds. The fourth-order valence-corrected chi connectivity index (χ4v) is 4.83. The number of aromatic amines is 1. The van der Waals surface area contributed by atoms with Gasteiger partial charge in [-0.25, -0.2) is 4.98 Å². The summed E-state index contributed by atoms with van der Waals surface area (Å²) in [7, 11) is 0. The second-order valence-electron chi connectivity index (χ2n) is 6.90. The quantitative estimate of drug-likeness (QED) is 0.403. The number of pyridine rings is 1. The molecule has 0 spiro atoms. The molecule has 0 radical (unpaired) electrons. The zero-order valence-electron chi connectivity index (χ0n) is 15.3. The Kier molecular flexibility index (Phi) is 4.89. The van der Waals surface area contributed by atoms with Crippen molar-refractivity contribution in [2.24, 2.45) is 0 Å². The van der Waals surface area contributed by atoms with Gasteiger partial charge in [-0.1, -0.05) is 17.4 Å². The maximum absolute atomic E-state index is 9.02. The number of hydrogen-bond donors (Lipinski definition) is 3. The van der Waals surface area contributed by atoms with E-state index < -0.39 is 0 Å². The number of fused-ring (bicyclic) bond motifs is 1. The Balaban J connectivity index is 1.26. The Hall–Kier alpha value is -2.93. The van der Waals surface area contributed by atoms with Gasteiger partial charge < -0.3 is 10.3 Å². The van der Waals surface area contributed by atoms with Crippen LogP contribution >= 0.6 is 23.3 Å².